The Labute approximate surface area is 136 Å². The fourth-order valence-corrected chi connectivity index (χ4v) is 3.10. The predicted octanol–water partition coefficient (Wildman–Crippen LogP) is 1.11. The van der Waals surface area contributed by atoms with Gasteiger partial charge in [-0.05, 0) is 0 Å². The molecule has 1 heterocycles. The van der Waals surface area contributed by atoms with Crippen LogP contribution in [-0.4, -0.2) is 44.8 Å². The summed E-state index contributed by atoms with van der Waals surface area (Å²) < 4.78 is 0.512. The number of amides is 2. The van der Waals surface area contributed by atoms with Gasteiger partial charge in [-0.1, -0.05) is 42.2 Å². The van der Waals surface area contributed by atoms with Gasteiger partial charge in [-0.15, -0.1) is 0 Å². The lowest BCUT2D eigenvalue weighted by Crippen LogP contribution is -2.37. The summed E-state index contributed by atoms with van der Waals surface area (Å²) in [4.78, 5) is 35.2. The quantitative estimate of drug-likeness (QED) is 0.474. The Morgan fingerprint density at radius 2 is 2.18 bits per heavy atom. The van der Waals surface area contributed by atoms with E-state index in [1.54, 1.807) is 18.2 Å². The van der Waals surface area contributed by atoms with Crippen molar-refractivity contribution in [1.82, 2.24) is 10.2 Å². The van der Waals surface area contributed by atoms with Crippen molar-refractivity contribution < 1.29 is 14.5 Å². The smallest absolute Gasteiger partial charge is 0.273 e. The van der Waals surface area contributed by atoms with E-state index in [0.29, 0.717) is 22.2 Å². The van der Waals surface area contributed by atoms with Gasteiger partial charge in [0, 0.05) is 24.7 Å². The maximum absolute atomic E-state index is 11.8. The van der Waals surface area contributed by atoms with Crippen LogP contribution in [0.1, 0.15) is 5.56 Å². The van der Waals surface area contributed by atoms with E-state index in [9.17, 15) is 19.7 Å². The van der Waals surface area contributed by atoms with Crippen LogP contribution in [0.5, 0.6) is 0 Å². The molecular weight excluding hydrogens is 326 g/mol. The first kappa shape index (κ1) is 16.4. The number of para-hydroxylation sites is 1. The van der Waals surface area contributed by atoms with E-state index in [0.717, 1.165) is 0 Å². The monoisotopic (exact) mass is 339 g/mol. The molecule has 1 aliphatic rings. The maximum Gasteiger partial charge on any atom is 0.273 e. The molecule has 0 spiro atoms. The zero-order chi connectivity index (χ0) is 16.1. The molecule has 1 aromatic carbocycles. The summed E-state index contributed by atoms with van der Waals surface area (Å²) in [5.74, 6) is -0.0642. The number of nitro groups is 1. The Morgan fingerprint density at radius 3 is 2.82 bits per heavy atom. The van der Waals surface area contributed by atoms with Crippen LogP contribution in [-0.2, 0) is 16.0 Å². The molecule has 0 bridgehead atoms. The average Bonchev–Trinajstić information content (AvgIpc) is 2.79. The minimum Gasteiger partial charge on any atom is -0.354 e. The van der Waals surface area contributed by atoms with Gasteiger partial charge in [0.2, 0.25) is 11.8 Å². The normalized spacial score (nSPS) is 14.3. The zero-order valence-electron chi connectivity index (χ0n) is 11.5. The molecule has 2 amide bonds. The van der Waals surface area contributed by atoms with Gasteiger partial charge in [-0.25, -0.2) is 0 Å². The van der Waals surface area contributed by atoms with Crippen LogP contribution in [0, 0.1) is 10.1 Å². The molecule has 0 aliphatic carbocycles. The summed E-state index contributed by atoms with van der Waals surface area (Å²) in [5, 5.41) is 13.5. The van der Waals surface area contributed by atoms with E-state index >= 15 is 0 Å². The summed E-state index contributed by atoms with van der Waals surface area (Å²) in [5.41, 5.74) is 0.276. The molecule has 0 unspecified atom stereocenters. The molecule has 1 aliphatic heterocycles. The largest absolute Gasteiger partial charge is 0.354 e. The highest BCUT2D eigenvalue weighted by molar-refractivity contribution is 8.23. The number of nitro benzene ring substituents is 1. The number of hydrogen-bond acceptors (Lipinski definition) is 6. The van der Waals surface area contributed by atoms with Gasteiger partial charge >= 0.3 is 0 Å². The van der Waals surface area contributed by atoms with Gasteiger partial charge in [0.25, 0.3) is 5.69 Å². The minimum atomic E-state index is -0.513. The van der Waals surface area contributed by atoms with Gasteiger partial charge < -0.3 is 5.32 Å². The van der Waals surface area contributed by atoms with Gasteiger partial charge in [0.15, 0.2) is 0 Å². The van der Waals surface area contributed by atoms with Gasteiger partial charge in [-0.2, -0.15) is 0 Å². The second kappa shape index (κ2) is 7.32. The molecule has 116 valence electrons. The van der Waals surface area contributed by atoms with Crippen molar-refractivity contribution in [1.29, 1.82) is 0 Å². The van der Waals surface area contributed by atoms with Crippen molar-refractivity contribution in [3.05, 3.63) is 39.9 Å². The van der Waals surface area contributed by atoms with Crippen LogP contribution in [0.2, 0.25) is 0 Å². The average molecular weight is 339 g/mol. The van der Waals surface area contributed by atoms with Gasteiger partial charge in [0.05, 0.1) is 17.1 Å². The summed E-state index contributed by atoms with van der Waals surface area (Å²) in [6.07, 6.45) is -0.0791. The van der Waals surface area contributed by atoms with E-state index in [1.165, 1.54) is 22.7 Å². The third kappa shape index (κ3) is 4.01. The Morgan fingerprint density at radius 1 is 1.45 bits per heavy atom. The lowest BCUT2D eigenvalue weighted by atomic mass is 10.1. The van der Waals surface area contributed by atoms with E-state index in [-0.39, 0.29) is 30.5 Å². The minimum absolute atomic E-state index is 0.0667. The number of hydrogen-bond donors (Lipinski definition) is 1. The first-order chi connectivity index (χ1) is 10.5. The third-order valence-corrected chi connectivity index (χ3v) is 4.47. The molecule has 0 aromatic heterocycles. The highest BCUT2D eigenvalue weighted by Gasteiger charge is 2.26. The van der Waals surface area contributed by atoms with Crippen molar-refractivity contribution in [2.75, 3.05) is 18.8 Å². The molecule has 1 aromatic rings. The molecule has 22 heavy (non-hydrogen) atoms. The number of nitrogens with one attached hydrogen (secondary N) is 1. The summed E-state index contributed by atoms with van der Waals surface area (Å²) in [6, 6.07) is 6.11. The summed E-state index contributed by atoms with van der Waals surface area (Å²) in [6.45, 7) is 0.569. The molecule has 2 rings (SSSR count). The Hall–Kier alpha value is -2.00. The first-order valence-electron chi connectivity index (χ1n) is 6.45. The van der Waals surface area contributed by atoms with Crippen LogP contribution >= 0.6 is 24.0 Å². The number of benzene rings is 1. The maximum atomic E-state index is 11.8. The lowest BCUT2D eigenvalue weighted by molar-refractivity contribution is -0.385. The van der Waals surface area contributed by atoms with E-state index in [1.807, 2.05) is 0 Å². The summed E-state index contributed by atoms with van der Waals surface area (Å²) >= 11 is 6.33. The molecule has 1 fully saturated rings. The van der Waals surface area contributed by atoms with Crippen LogP contribution in [0.4, 0.5) is 5.69 Å². The molecule has 7 nitrogen and oxygen atoms in total. The Bertz CT molecular complexity index is 619. The van der Waals surface area contributed by atoms with Crippen LogP contribution in [0.3, 0.4) is 0 Å². The van der Waals surface area contributed by atoms with Crippen molar-refractivity contribution >= 4 is 45.8 Å². The number of rotatable bonds is 6. The molecule has 9 heteroatoms. The fourth-order valence-electron chi connectivity index (χ4n) is 1.98. The number of carbonyl (C=O) groups is 2. The number of nitrogens with zero attached hydrogens (tertiary/aromatic N) is 2. The zero-order valence-corrected chi connectivity index (χ0v) is 13.1. The Kier molecular flexibility index (Phi) is 5.45. The lowest BCUT2D eigenvalue weighted by Gasteiger charge is -2.15. The van der Waals surface area contributed by atoms with Crippen molar-refractivity contribution in [2.24, 2.45) is 0 Å². The topological polar surface area (TPSA) is 92.5 Å². The standard InChI is InChI=1S/C13H13N3O4S2/c17-11(7-9-3-1-2-4-10(9)16(19)20)14-5-6-15-12(18)8-22-13(15)21/h1-4H,5-8H2,(H,14,17). The van der Waals surface area contributed by atoms with E-state index in [4.69, 9.17) is 12.2 Å². The molecule has 0 atom stereocenters. The molecule has 0 saturated carbocycles. The van der Waals surface area contributed by atoms with Crippen molar-refractivity contribution in [2.45, 2.75) is 6.42 Å². The summed E-state index contributed by atoms with van der Waals surface area (Å²) in [7, 11) is 0. The van der Waals surface area contributed by atoms with E-state index < -0.39 is 4.92 Å². The molecule has 1 saturated heterocycles. The third-order valence-electron chi connectivity index (χ3n) is 3.04. The Balaban J connectivity index is 1.85. The predicted molar refractivity (Wildman–Crippen MR) is 86.6 cm³/mol. The van der Waals surface area contributed by atoms with Crippen molar-refractivity contribution in [3.63, 3.8) is 0 Å². The van der Waals surface area contributed by atoms with Crippen LogP contribution in [0.25, 0.3) is 0 Å². The number of thiocarbonyl (C=S) groups is 1. The SMILES string of the molecule is O=C(Cc1ccccc1[N+](=O)[O-])NCCN1C(=O)CSC1=S. The molecule has 1 N–H and O–H groups in total. The fraction of sp³-hybridized carbons (Fsp3) is 0.308. The number of thioether (sulfide) groups is 1. The van der Waals surface area contributed by atoms with E-state index in [2.05, 4.69) is 5.32 Å². The van der Waals surface area contributed by atoms with Crippen molar-refractivity contribution in [3.8, 4) is 0 Å². The molecule has 0 radical (unpaired) electrons. The first-order valence-corrected chi connectivity index (χ1v) is 7.84. The van der Waals surface area contributed by atoms with Gasteiger partial charge in [-0.3, -0.25) is 24.6 Å². The highest BCUT2D eigenvalue weighted by atomic mass is 32.2. The number of carbonyl (C=O) groups excluding carboxylic acids is 2. The van der Waals surface area contributed by atoms with Crippen LogP contribution < -0.4 is 5.32 Å². The van der Waals surface area contributed by atoms with Crippen LogP contribution in [0.15, 0.2) is 24.3 Å². The molecular formula is C13H13N3O4S2. The second-order valence-electron chi connectivity index (χ2n) is 4.51. The highest BCUT2D eigenvalue weighted by Crippen LogP contribution is 2.19. The van der Waals surface area contributed by atoms with Gasteiger partial charge in [0.1, 0.15) is 4.32 Å². The second-order valence-corrected chi connectivity index (χ2v) is 6.12.